The molecule has 4 nitrogen and oxygen atoms in total. The highest BCUT2D eigenvalue weighted by molar-refractivity contribution is 5.75. The lowest BCUT2D eigenvalue weighted by atomic mass is 9.81. The molecule has 1 atom stereocenters. The smallest absolute Gasteiger partial charge is 0.313 e. The molecule has 0 spiro atoms. The van der Waals surface area contributed by atoms with E-state index in [9.17, 15) is 9.90 Å². The second-order valence-corrected chi connectivity index (χ2v) is 6.06. The van der Waals surface area contributed by atoms with E-state index in [2.05, 4.69) is 18.7 Å². The summed E-state index contributed by atoms with van der Waals surface area (Å²) in [7, 11) is 0. The number of ether oxygens (including phenoxy) is 1. The van der Waals surface area contributed by atoms with Gasteiger partial charge in [0.1, 0.15) is 5.41 Å². The molecule has 1 unspecified atom stereocenters. The summed E-state index contributed by atoms with van der Waals surface area (Å²) in [6.07, 6.45) is 4.24. The lowest BCUT2D eigenvalue weighted by Gasteiger charge is -2.31. The summed E-state index contributed by atoms with van der Waals surface area (Å²) in [5, 5.41) is 9.46. The monoisotopic (exact) mass is 255 g/mol. The van der Waals surface area contributed by atoms with Gasteiger partial charge in [-0.25, -0.2) is 0 Å². The quantitative estimate of drug-likeness (QED) is 0.816. The summed E-state index contributed by atoms with van der Waals surface area (Å²) in [4.78, 5) is 13.8. The van der Waals surface area contributed by atoms with Crippen LogP contribution in [0.15, 0.2) is 0 Å². The van der Waals surface area contributed by atoms with E-state index in [0.717, 1.165) is 13.1 Å². The number of carboxylic acids is 1. The Hall–Kier alpha value is -0.610. The minimum Gasteiger partial charge on any atom is -0.481 e. The number of aliphatic carboxylic acids is 1. The molecule has 0 aromatic rings. The summed E-state index contributed by atoms with van der Waals surface area (Å²) in [6.45, 7) is 8.21. The van der Waals surface area contributed by atoms with Crippen LogP contribution in [0.1, 0.15) is 39.5 Å². The first-order valence-corrected chi connectivity index (χ1v) is 7.09. The van der Waals surface area contributed by atoms with Gasteiger partial charge in [0, 0.05) is 19.7 Å². The van der Waals surface area contributed by atoms with Crippen molar-refractivity contribution in [3.05, 3.63) is 0 Å². The Kier molecular flexibility index (Phi) is 3.97. The maximum absolute atomic E-state index is 11.5. The first-order chi connectivity index (χ1) is 8.56. The first kappa shape index (κ1) is 13.8. The third-order valence-corrected chi connectivity index (χ3v) is 5.10. The van der Waals surface area contributed by atoms with Crippen molar-refractivity contribution in [1.29, 1.82) is 0 Å². The topological polar surface area (TPSA) is 49.8 Å². The fourth-order valence-electron chi connectivity index (χ4n) is 3.39. The fourth-order valence-corrected chi connectivity index (χ4v) is 3.39. The largest absolute Gasteiger partial charge is 0.481 e. The average molecular weight is 255 g/mol. The number of carbonyl (C=O) groups is 1. The summed E-state index contributed by atoms with van der Waals surface area (Å²) >= 11 is 0. The van der Waals surface area contributed by atoms with E-state index >= 15 is 0 Å². The van der Waals surface area contributed by atoms with Crippen LogP contribution in [0.4, 0.5) is 0 Å². The van der Waals surface area contributed by atoms with Crippen molar-refractivity contribution in [2.75, 3.05) is 32.8 Å². The van der Waals surface area contributed by atoms with Crippen LogP contribution < -0.4 is 0 Å². The number of hydrogen-bond donors (Lipinski definition) is 1. The predicted octanol–water partition coefficient (Wildman–Crippen LogP) is 1.99. The van der Waals surface area contributed by atoms with Gasteiger partial charge in [-0.2, -0.15) is 0 Å². The molecule has 0 aromatic heterocycles. The van der Waals surface area contributed by atoms with Crippen molar-refractivity contribution in [3.8, 4) is 0 Å². The molecule has 0 amide bonds. The number of likely N-dealkylation sites (tertiary alicyclic amines) is 1. The van der Waals surface area contributed by atoms with Crippen LogP contribution in [0.3, 0.4) is 0 Å². The molecule has 2 fully saturated rings. The van der Waals surface area contributed by atoms with Crippen LogP contribution in [0.2, 0.25) is 0 Å². The van der Waals surface area contributed by atoms with Gasteiger partial charge in [0.25, 0.3) is 0 Å². The zero-order valence-corrected chi connectivity index (χ0v) is 11.6. The molecular formula is C14H25NO3. The van der Waals surface area contributed by atoms with Crippen molar-refractivity contribution >= 4 is 5.97 Å². The van der Waals surface area contributed by atoms with Gasteiger partial charge >= 0.3 is 5.97 Å². The fraction of sp³-hybridized carbons (Fsp3) is 0.929. The highest BCUT2D eigenvalue weighted by atomic mass is 16.5. The molecule has 2 aliphatic rings. The van der Waals surface area contributed by atoms with Crippen molar-refractivity contribution in [3.63, 3.8) is 0 Å². The molecule has 2 saturated heterocycles. The van der Waals surface area contributed by atoms with Gasteiger partial charge < -0.3 is 14.7 Å². The molecule has 0 saturated carbocycles. The van der Waals surface area contributed by atoms with Gasteiger partial charge in [-0.3, -0.25) is 4.79 Å². The lowest BCUT2D eigenvalue weighted by Crippen LogP contribution is -2.43. The molecule has 104 valence electrons. The van der Waals surface area contributed by atoms with E-state index in [1.807, 2.05) is 0 Å². The lowest BCUT2D eigenvalue weighted by molar-refractivity contribution is -0.150. The Morgan fingerprint density at radius 2 is 2.06 bits per heavy atom. The Morgan fingerprint density at radius 1 is 1.33 bits per heavy atom. The van der Waals surface area contributed by atoms with Crippen LogP contribution in [0, 0.1) is 10.8 Å². The molecule has 2 aliphatic heterocycles. The van der Waals surface area contributed by atoms with E-state index in [0.29, 0.717) is 31.6 Å². The van der Waals surface area contributed by atoms with E-state index in [-0.39, 0.29) is 0 Å². The molecule has 18 heavy (non-hydrogen) atoms. The second-order valence-electron chi connectivity index (χ2n) is 6.06. The van der Waals surface area contributed by atoms with Crippen LogP contribution >= 0.6 is 0 Å². The molecular weight excluding hydrogens is 230 g/mol. The van der Waals surface area contributed by atoms with E-state index < -0.39 is 11.4 Å². The molecule has 2 rings (SSSR count). The summed E-state index contributed by atoms with van der Waals surface area (Å²) in [6, 6.07) is 0. The Bertz CT molecular complexity index is 306. The molecule has 0 radical (unpaired) electrons. The first-order valence-electron chi connectivity index (χ1n) is 7.09. The van der Waals surface area contributed by atoms with E-state index in [4.69, 9.17) is 4.74 Å². The molecule has 0 aromatic carbocycles. The minimum atomic E-state index is -0.689. The van der Waals surface area contributed by atoms with Gasteiger partial charge in [-0.1, -0.05) is 13.8 Å². The predicted molar refractivity (Wildman–Crippen MR) is 69.6 cm³/mol. The Balaban J connectivity index is 2.00. The van der Waals surface area contributed by atoms with Crippen molar-refractivity contribution in [1.82, 2.24) is 4.90 Å². The summed E-state index contributed by atoms with van der Waals surface area (Å²) in [5.74, 6) is -0.689. The van der Waals surface area contributed by atoms with Crippen molar-refractivity contribution < 1.29 is 14.6 Å². The normalized spacial score (nSPS) is 31.9. The molecule has 0 bridgehead atoms. The molecule has 0 aliphatic carbocycles. The average Bonchev–Trinajstić information content (AvgIpc) is 2.98. The number of nitrogens with zero attached hydrogens (tertiary/aromatic N) is 1. The number of carboxylic acid groups (broad SMARTS) is 1. The second kappa shape index (κ2) is 5.17. The maximum atomic E-state index is 11.5. The summed E-state index contributed by atoms with van der Waals surface area (Å²) in [5.41, 5.74) is -0.239. The maximum Gasteiger partial charge on any atom is 0.313 e. The van der Waals surface area contributed by atoms with Gasteiger partial charge in [0.15, 0.2) is 0 Å². The Morgan fingerprint density at radius 3 is 2.50 bits per heavy atom. The summed E-state index contributed by atoms with van der Waals surface area (Å²) < 4.78 is 5.33. The molecule has 2 heterocycles. The van der Waals surface area contributed by atoms with E-state index in [1.165, 1.54) is 19.3 Å². The zero-order valence-electron chi connectivity index (χ0n) is 11.6. The number of hydrogen-bond acceptors (Lipinski definition) is 3. The van der Waals surface area contributed by atoms with Gasteiger partial charge in [-0.15, -0.1) is 0 Å². The molecule has 1 N–H and O–H groups in total. The van der Waals surface area contributed by atoms with Crippen molar-refractivity contribution in [2.45, 2.75) is 39.5 Å². The third kappa shape index (κ3) is 2.41. The van der Waals surface area contributed by atoms with E-state index in [1.54, 1.807) is 0 Å². The van der Waals surface area contributed by atoms with Crippen LogP contribution in [0.5, 0.6) is 0 Å². The van der Waals surface area contributed by atoms with Gasteiger partial charge in [0.2, 0.25) is 0 Å². The van der Waals surface area contributed by atoms with Crippen LogP contribution in [0.25, 0.3) is 0 Å². The Labute approximate surface area is 109 Å². The zero-order chi connectivity index (χ0) is 13.2. The minimum absolute atomic E-state index is 0.379. The molecule has 4 heteroatoms. The van der Waals surface area contributed by atoms with Gasteiger partial charge in [0.05, 0.1) is 6.61 Å². The number of rotatable bonds is 5. The highest BCUT2D eigenvalue weighted by Gasteiger charge is 2.46. The third-order valence-electron chi connectivity index (χ3n) is 5.10. The van der Waals surface area contributed by atoms with Crippen LogP contribution in [-0.4, -0.2) is 48.8 Å². The SMILES string of the molecule is CCC1(CC)CCN(CC2(C(=O)O)CCOC2)C1. The standard InChI is InChI=1S/C14H25NO3/c1-3-13(4-2)5-7-15(9-13)10-14(12(16)17)6-8-18-11-14/h3-11H2,1-2H3,(H,16,17). The van der Waals surface area contributed by atoms with Crippen LogP contribution in [-0.2, 0) is 9.53 Å². The highest BCUT2D eigenvalue weighted by Crippen LogP contribution is 2.39. The van der Waals surface area contributed by atoms with Crippen molar-refractivity contribution in [2.24, 2.45) is 10.8 Å². The van der Waals surface area contributed by atoms with Gasteiger partial charge in [-0.05, 0) is 37.6 Å².